The summed E-state index contributed by atoms with van der Waals surface area (Å²) in [4.78, 5) is 25.4. The van der Waals surface area contributed by atoms with Gasteiger partial charge in [0, 0.05) is 6.42 Å². The first-order valence-corrected chi connectivity index (χ1v) is 26.1. The number of aliphatic hydroxyl groups is 1. The normalized spacial score (nSPS) is 14.4. The molecule has 2 N–H and O–H groups in total. The molecule has 0 saturated carbocycles. The van der Waals surface area contributed by atoms with Gasteiger partial charge in [0.2, 0.25) is 5.91 Å². The van der Waals surface area contributed by atoms with Crippen LogP contribution in [-0.2, 0) is 18.4 Å². The highest BCUT2D eigenvalue weighted by Gasteiger charge is 2.24. The Morgan fingerprint density at radius 2 is 0.948 bits per heavy atom. The Morgan fingerprint density at radius 1 is 0.586 bits per heavy atom. The number of allylic oxidation sites excluding steroid dienone is 4. The predicted molar refractivity (Wildman–Crippen MR) is 247 cm³/mol. The number of unbranched alkanes of at least 4 members (excludes halogenated alkanes) is 28. The number of phosphoric ester groups is 1. The van der Waals surface area contributed by atoms with Crippen molar-refractivity contribution < 1.29 is 32.9 Å². The first kappa shape index (κ1) is 57.0. The molecule has 1 amide bonds. The SMILES string of the molecule is CCCCCCCC/C=C/CCCCCCCCCCCCCC(=O)N[C@@H](COP(=O)([O-])OCC[N+](C)(C)C)[C@H](O)CCCC/C=C/CCCCCCCCCCC. The van der Waals surface area contributed by atoms with E-state index in [9.17, 15) is 19.4 Å². The number of likely N-dealkylation sites (N-methyl/N-ethyl adjacent to an activating group) is 1. The topological polar surface area (TPSA) is 108 Å². The average Bonchev–Trinajstić information content (AvgIpc) is 3.17. The lowest BCUT2D eigenvalue weighted by molar-refractivity contribution is -0.870. The number of hydrogen-bond donors (Lipinski definition) is 2. The Kier molecular flexibility index (Phi) is 40.6. The maximum absolute atomic E-state index is 12.9. The summed E-state index contributed by atoms with van der Waals surface area (Å²) >= 11 is 0. The van der Waals surface area contributed by atoms with Crippen LogP contribution in [-0.4, -0.2) is 68.5 Å². The lowest BCUT2D eigenvalue weighted by atomic mass is 10.0. The van der Waals surface area contributed by atoms with E-state index in [1.165, 1.54) is 161 Å². The zero-order chi connectivity index (χ0) is 42.8. The maximum atomic E-state index is 12.9. The molecule has 0 radical (unpaired) electrons. The molecular weight excluding hydrogens is 744 g/mol. The molecule has 0 aromatic carbocycles. The number of nitrogens with one attached hydrogen (secondary N) is 1. The van der Waals surface area contributed by atoms with E-state index in [1.807, 2.05) is 21.1 Å². The van der Waals surface area contributed by atoms with Crippen LogP contribution in [0.15, 0.2) is 24.3 Å². The van der Waals surface area contributed by atoms with Crippen LogP contribution in [0.2, 0.25) is 0 Å². The molecule has 0 heterocycles. The first-order valence-electron chi connectivity index (χ1n) is 24.7. The summed E-state index contributed by atoms with van der Waals surface area (Å²) in [7, 11) is 1.29. The van der Waals surface area contributed by atoms with Crippen molar-refractivity contribution >= 4 is 13.7 Å². The van der Waals surface area contributed by atoms with Crippen LogP contribution in [0, 0.1) is 0 Å². The smallest absolute Gasteiger partial charge is 0.268 e. The minimum absolute atomic E-state index is 0.00792. The molecule has 0 spiro atoms. The van der Waals surface area contributed by atoms with Crippen LogP contribution < -0.4 is 10.2 Å². The number of hydrogen-bond acceptors (Lipinski definition) is 6. The van der Waals surface area contributed by atoms with Gasteiger partial charge >= 0.3 is 0 Å². The fourth-order valence-corrected chi connectivity index (χ4v) is 7.93. The van der Waals surface area contributed by atoms with Crippen molar-refractivity contribution in [3.63, 3.8) is 0 Å². The molecule has 0 aliphatic heterocycles. The van der Waals surface area contributed by atoms with Crippen molar-refractivity contribution in [1.82, 2.24) is 5.32 Å². The lowest BCUT2D eigenvalue weighted by Crippen LogP contribution is -2.46. The van der Waals surface area contributed by atoms with Gasteiger partial charge in [0.1, 0.15) is 13.2 Å². The van der Waals surface area contributed by atoms with Crippen LogP contribution >= 0.6 is 7.82 Å². The van der Waals surface area contributed by atoms with Gasteiger partial charge < -0.3 is 28.8 Å². The fourth-order valence-electron chi connectivity index (χ4n) is 7.21. The zero-order valence-electron chi connectivity index (χ0n) is 39.0. The number of amides is 1. The van der Waals surface area contributed by atoms with Gasteiger partial charge in [-0.2, -0.15) is 0 Å². The molecule has 1 unspecified atom stereocenters. The largest absolute Gasteiger partial charge is 0.756 e. The number of carbonyl (C=O) groups is 1. The van der Waals surface area contributed by atoms with Crippen molar-refractivity contribution in [3.8, 4) is 0 Å². The summed E-state index contributed by atoms with van der Waals surface area (Å²) in [6, 6.07) is -0.815. The molecule has 0 aromatic heterocycles. The van der Waals surface area contributed by atoms with E-state index >= 15 is 0 Å². The van der Waals surface area contributed by atoms with E-state index in [1.54, 1.807) is 0 Å². The number of nitrogens with zero attached hydrogens (tertiary/aromatic N) is 1. The van der Waals surface area contributed by atoms with Crippen LogP contribution in [0.3, 0.4) is 0 Å². The van der Waals surface area contributed by atoms with Crippen molar-refractivity contribution in [3.05, 3.63) is 24.3 Å². The molecule has 9 heteroatoms. The third-order valence-electron chi connectivity index (χ3n) is 11.2. The van der Waals surface area contributed by atoms with Crippen molar-refractivity contribution in [2.75, 3.05) is 40.9 Å². The highest BCUT2D eigenvalue weighted by atomic mass is 31.2. The second-order valence-corrected chi connectivity index (χ2v) is 19.6. The van der Waals surface area contributed by atoms with Crippen molar-refractivity contribution in [2.45, 2.75) is 244 Å². The van der Waals surface area contributed by atoms with Crippen LogP contribution in [0.1, 0.15) is 232 Å². The number of carbonyl (C=O) groups excluding carboxylic acids is 1. The molecule has 0 saturated heterocycles. The summed E-state index contributed by atoms with van der Waals surface area (Å²) in [5, 5.41) is 13.9. The van der Waals surface area contributed by atoms with Crippen LogP contribution in [0.4, 0.5) is 0 Å². The van der Waals surface area contributed by atoms with Gasteiger partial charge in [0.25, 0.3) is 7.82 Å². The second kappa shape index (κ2) is 41.3. The van der Waals surface area contributed by atoms with Crippen LogP contribution in [0.5, 0.6) is 0 Å². The third kappa shape index (κ3) is 43.1. The van der Waals surface area contributed by atoms with E-state index in [-0.39, 0.29) is 19.1 Å². The molecule has 0 aliphatic rings. The molecule has 344 valence electrons. The van der Waals surface area contributed by atoms with E-state index in [0.29, 0.717) is 23.9 Å². The van der Waals surface area contributed by atoms with Gasteiger partial charge in [0.05, 0.1) is 39.9 Å². The summed E-state index contributed by atoms with van der Waals surface area (Å²) in [5.41, 5.74) is 0. The summed E-state index contributed by atoms with van der Waals surface area (Å²) in [5.74, 6) is -0.174. The van der Waals surface area contributed by atoms with Gasteiger partial charge in [-0.05, 0) is 64.2 Å². The first-order chi connectivity index (χ1) is 28.0. The number of phosphoric acid groups is 1. The Hall–Kier alpha value is -1.02. The molecule has 0 bridgehead atoms. The molecular formula is C49H97N2O6P. The summed E-state index contributed by atoms with van der Waals surface area (Å²) in [6.45, 7) is 4.71. The number of quaternary nitrogens is 1. The minimum Gasteiger partial charge on any atom is -0.756 e. The van der Waals surface area contributed by atoms with Crippen molar-refractivity contribution in [1.29, 1.82) is 0 Å². The van der Waals surface area contributed by atoms with E-state index in [4.69, 9.17) is 9.05 Å². The van der Waals surface area contributed by atoms with Gasteiger partial charge in [-0.15, -0.1) is 0 Å². The molecule has 0 aromatic rings. The number of rotatable bonds is 45. The van der Waals surface area contributed by atoms with Crippen LogP contribution in [0.25, 0.3) is 0 Å². The van der Waals surface area contributed by atoms with Gasteiger partial charge in [-0.25, -0.2) is 0 Å². The van der Waals surface area contributed by atoms with Gasteiger partial charge in [-0.1, -0.05) is 186 Å². The lowest BCUT2D eigenvalue weighted by Gasteiger charge is -2.30. The average molecular weight is 841 g/mol. The monoisotopic (exact) mass is 841 g/mol. The summed E-state index contributed by atoms with van der Waals surface area (Å²) in [6.07, 6.45) is 49.0. The third-order valence-corrected chi connectivity index (χ3v) is 12.1. The quantitative estimate of drug-likeness (QED) is 0.0274. The predicted octanol–water partition coefficient (Wildman–Crippen LogP) is 13.5. The molecule has 3 atom stereocenters. The van der Waals surface area contributed by atoms with E-state index < -0.39 is 20.0 Å². The van der Waals surface area contributed by atoms with Gasteiger partial charge in [-0.3, -0.25) is 9.36 Å². The highest BCUT2D eigenvalue weighted by Crippen LogP contribution is 2.38. The Balaban J connectivity index is 4.28. The molecule has 8 nitrogen and oxygen atoms in total. The molecule has 0 aliphatic carbocycles. The maximum Gasteiger partial charge on any atom is 0.268 e. The molecule has 58 heavy (non-hydrogen) atoms. The Morgan fingerprint density at radius 3 is 1.34 bits per heavy atom. The van der Waals surface area contributed by atoms with E-state index in [2.05, 4.69) is 43.5 Å². The Labute approximate surface area is 360 Å². The standard InChI is InChI=1S/C49H97N2O6P/c1-6-8-10-12-14-16-18-20-22-23-24-25-26-27-29-31-33-35-37-39-41-43-49(53)50-47(46-57-58(54,55)56-45-44-51(3,4)5)48(52)42-40-38-36-34-32-30-28-21-19-17-15-13-11-9-7-2/h20,22,32,34,47-48,52H,6-19,21,23-31,33,35-46H2,1-5H3,(H-,50,53,54,55)/b22-20+,34-32+/t47-,48+/m0/s1. The van der Waals surface area contributed by atoms with Crippen molar-refractivity contribution in [2.24, 2.45) is 0 Å². The highest BCUT2D eigenvalue weighted by molar-refractivity contribution is 7.45. The number of aliphatic hydroxyl groups excluding tert-OH is 1. The fraction of sp³-hybridized carbons (Fsp3) is 0.898. The molecule has 0 rings (SSSR count). The van der Waals surface area contributed by atoms with Gasteiger partial charge in [0.15, 0.2) is 0 Å². The second-order valence-electron chi connectivity index (χ2n) is 18.2. The zero-order valence-corrected chi connectivity index (χ0v) is 39.9. The summed E-state index contributed by atoms with van der Waals surface area (Å²) < 4.78 is 23.3. The van der Waals surface area contributed by atoms with E-state index in [0.717, 1.165) is 44.9 Å². The molecule has 0 fully saturated rings. The Bertz CT molecular complexity index is 1000. The minimum atomic E-state index is -4.57.